The summed E-state index contributed by atoms with van der Waals surface area (Å²) in [6.45, 7) is 0.154. The van der Waals surface area contributed by atoms with E-state index in [1.807, 2.05) is 0 Å². The molecule has 1 nitrogen and oxygen atoms in total. The molecule has 0 saturated heterocycles. The highest BCUT2D eigenvalue weighted by molar-refractivity contribution is 6.92. The van der Waals surface area contributed by atoms with Gasteiger partial charge in [-0.15, -0.1) is 0 Å². The molecule has 176 valence electrons. The van der Waals surface area contributed by atoms with Gasteiger partial charge in [-0.1, -0.05) is 127 Å². The molecule has 0 atom stereocenters. The van der Waals surface area contributed by atoms with E-state index in [1.54, 1.807) is 0 Å². The minimum atomic E-state index is 0.154. The molecular formula is C36H24BN. The minimum absolute atomic E-state index is 0.154. The third-order valence-electron chi connectivity index (χ3n) is 8.09. The van der Waals surface area contributed by atoms with E-state index in [-0.39, 0.29) is 6.85 Å². The molecule has 2 aliphatic rings. The predicted molar refractivity (Wildman–Crippen MR) is 162 cm³/mol. The number of fused-ring (bicyclic) bond motifs is 11. The Morgan fingerprint density at radius 2 is 0.816 bits per heavy atom. The van der Waals surface area contributed by atoms with E-state index in [4.69, 9.17) is 0 Å². The van der Waals surface area contributed by atoms with E-state index < -0.39 is 0 Å². The lowest BCUT2D eigenvalue weighted by molar-refractivity contribution is 1.35. The first-order valence-corrected chi connectivity index (χ1v) is 13.2. The summed E-state index contributed by atoms with van der Waals surface area (Å²) in [5, 5.41) is 0. The van der Waals surface area contributed by atoms with Crippen molar-refractivity contribution in [3.05, 3.63) is 146 Å². The number of anilines is 2. The van der Waals surface area contributed by atoms with Gasteiger partial charge in [-0.3, -0.25) is 0 Å². The lowest BCUT2D eigenvalue weighted by atomic mass is 9.43. The molecule has 0 bridgehead atoms. The topological polar surface area (TPSA) is 3.24 Å². The standard InChI is InChI=1S/C36H24BN/c1-2-10-25(11-3-1)26-18-20-27(21-19-26)28-22-23-36-32(24-28)30-13-5-8-16-34(30)37-33-15-7-4-12-29(33)31-14-6-9-17-35(31)38(36)37/h1-24H. The van der Waals surface area contributed by atoms with Crippen LogP contribution in [0.4, 0.5) is 11.4 Å². The molecular weight excluding hydrogens is 457 g/mol. The van der Waals surface area contributed by atoms with Crippen molar-refractivity contribution in [1.29, 1.82) is 0 Å². The molecule has 38 heavy (non-hydrogen) atoms. The lowest BCUT2D eigenvalue weighted by Gasteiger charge is -2.43. The van der Waals surface area contributed by atoms with Gasteiger partial charge in [0.25, 0.3) is 0 Å². The van der Waals surface area contributed by atoms with Gasteiger partial charge in [0.1, 0.15) is 0 Å². The molecule has 2 aliphatic heterocycles. The zero-order chi connectivity index (χ0) is 25.1. The molecule has 0 N–H and O–H groups in total. The van der Waals surface area contributed by atoms with E-state index >= 15 is 0 Å². The molecule has 0 fully saturated rings. The van der Waals surface area contributed by atoms with Crippen molar-refractivity contribution in [2.45, 2.75) is 0 Å². The minimum Gasteiger partial charge on any atom is -0.376 e. The maximum atomic E-state index is 2.55. The SMILES string of the molecule is c1ccc(-c2ccc(-c3ccc4c(c3)-c3ccccc3B3c5ccccc5-c5ccccc5N34)cc2)cc1. The summed E-state index contributed by atoms with van der Waals surface area (Å²) in [5.41, 5.74) is 15.5. The van der Waals surface area contributed by atoms with E-state index in [0.29, 0.717) is 0 Å². The van der Waals surface area contributed by atoms with Crippen LogP contribution in [0, 0.1) is 0 Å². The summed E-state index contributed by atoms with van der Waals surface area (Å²) in [5.74, 6) is 0. The third-order valence-corrected chi connectivity index (χ3v) is 8.09. The van der Waals surface area contributed by atoms with Crippen molar-refractivity contribution >= 4 is 29.1 Å². The van der Waals surface area contributed by atoms with Gasteiger partial charge in [-0.05, 0) is 62.5 Å². The largest absolute Gasteiger partial charge is 0.376 e. The Morgan fingerprint density at radius 3 is 1.53 bits per heavy atom. The monoisotopic (exact) mass is 481 g/mol. The highest BCUT2D eigenvalue weighted by Gasteiger charge is 2.41. The Balaban J connectivity index is 1.30. The molecule has 0 amide bonds. The van der Waals surface area contributed by atoms with Crippen molar-refractivity contribution < 1.29 is 0 Å². The van der Waals surface area contributed by atoms with Crippen LogP contribution in [0.2, 0.25) is 0 Å². The summed E-state index contributed by atoms with van der Waals surface area (Å²) < 4.78 is 0. The molecule has 0 spiro atoms. The molecule has 0 aliphatic carbocycles. The van der Waals surface area contributed by atoms with Gasteiger partial charge in [0.15, 0.2) is 0 Å². The Bertz CT molecular complexity index is 1820. The van der Waals surface area contributed by atoms with E-state index in [9.17, 15) is 0 Å². The van der Waals surface area contributed by atoms with Gasteiger partial charge < -0.3 is 4.81 Å². The fourth-order valence-corrected chi connectivity index (χ4v) is 6.35. The second-order valence-electron chi connectivity index (χ2n) is 10.1. The molecule has 0 unspecified atom stereocenters. The Labute approximate surface area is 223 Å². The van der Waals surface area contributed by atoms with Crippen LogP contribution in [0.5, 0.6) is 0 Å². The van der Waals surface area contributed by atoms with Gasteiger partial charge in [0.2, 0.25) is 0 Å². The average molecular weight is 481 g/mol. The van der Waals surface area contributed by atoms with Crippen LogP contribution in [-0.2, 0) is 0 Å². The second-order valence-corrected chi connectivity index (χ2v) is 10.1. The van der Waals surface area contributed by atoms with Gasteiger partial charge >= 0.3 is 6.85 Å². The number of para-hydroxylation sites is 1. The van der Waals surface area contributed by atoms with Gasteiger partial charge in [-0.2, -0.15) is 0 Å². The molecule has 2 heterocycles. The average Bonchev–Trinajstić information content (AvgIpc) is 3.01. The molecule has 8 rings (SSSR count). The summed E-state index contributed by atoms with van der Waals surface area (Å²) in [6.07, 6.45) is 0. The quantitative estimate of drug-likeness (QED) is 0.227. The summed E-state index contributed by atoms with van der Waals surface area (Å²) >= 11 is 0. The van der Waals surface area contributed by atoms with Crippen LogP contribution in [0.1, 0.15) is 0 Å². The maximum Gasteiger partial charge on any atom is 0.329 e. The van der Waals surface area contributed by atoms with E-state index in [1.165, 1.54) is 66.8 Å². The second kappa shape index (κ2) is 8.36. The Hall–Kier alpha value is -4.82. The van der Waals surface area contributed by atoms with Crippen molar-refractivity contribution in [2.24, 2.45) is 0 Å². The number of rotatable bonds is 2. The highest BCUT2D eigenvalue weighted by atomic mass is 15.1. The normalized spacial score (nSPS) is 12.6. The van der Waals surface area contributed by atoms with Crippen molar-refractivity contribution in [2.75, 3.05) is 4.81 Å². The van der Waals surface area contributed by atoms with Crippen molar-refractivity contribution in [3.63, 3.8) is 0 Å². The van der Waals surface area contributed by atoms with E-state index in [2.05, 4.69) is 150 Å². The molecule has 2 heteroatoms. The Morgan fingerprint density at radius 1 is 0.342 bits per heavy atom. The van der Waals surface area contributed by atoms with Crippen LogP contribution in [0.25, 0.3) is 44.5 Å². The van der Waals surface area contributed by atoms with Crippen molar-refractivity contribution in [1.82, 2.24) is 0 Å². The fraction of sp³-hybridized carbons (Fsp3) is 0. The Kier molecular flexibility index (Phi) is 4.68. The lowest BCUT2D eigenvalue weighted by Crippen LogP contribution is -2.59. The van der Waals surface area contributed by atoms with Gasteiger partial charge in [0.05, 0.1) is 0 Å². The summed E-state index contributed by atoms with van der Waals surface area (Å²) in [4.78, 5) is 2.55. The van der Waals surface area contributed by atoms with Crippen LogP contribution in [0.3, 0.4) is 0 Å². The first-order valence-electron chi connectivity index (χ1n) is 13.2. The molecule has 0 saturated carbocycles. The molecule has 6 aromatic rings. The molecule has 6 aromatic carbocycles. The highest BCUT2D eigenvalue weighted by Crippen LogP contribution is 2.46. The van der Waals surface area contributed by atoms with E-state index in [0.717, 1.165) is 0 Å². The van der Waals surface area contributed by atoms with Gasteiger partial charge in [0, 0.05) is 22.5 Å². The zero-order valence-electron chi connectivity index (χ0n) is 20.9. The van der Waals surface area contributed by atoms with Crippen LogP contribution < -0.4 is 15.7 Å². The fourth-order valence-electron chi connectivity index (χ4n) is 6.35. The summed E-state index contributed by atoms with van der Waals surface area (Å²) in [7, 11) is 0. The first kappa shape index (κ1) is 21.3. The van der Waals surface area contributed by atoms with Gasteiger partial charge in [-0.25, -0.2) is 0 Å². The number of nitrogens with zero attached hydrogens (tertiary/aromatic N) is 1. The third kappa shape index (κ3) is 3.14. The first-order chi connectivity index (χ1) is 18.9. The number of benzene rings is 6. The number of hydrogen-bond acceptors (Lipinski definition) is 1. The zero-order valence-corrected chi connectivity index (χ0v) is 20.9. The van der Waals surface area contributed by atoms with Crippen molar-refractivity contribution in [3.8, 4) is 44.5 Å². The predicted octanol–water partition coefficient (Wildman–Crippen LogP) is 7.93. The molecule has 0 radical (unpaired) electrons. The smallest absolute Gasteiger partial charge is 0.329 e. The number of hydrogen-bond donors (Lipinski definition) is 0. The van der Waals surface area contributed by atoms with Crippen LogP contribution in [-0.4, -0.2) is 6.85 Å². The molecule has 0 aromatic heterocycles. The van der Waals surface area contributed by atoms with Crippen LogP contribution >= 0.6 is 0 Å². The maximum absolute atomic E-state index is 2.55. The van der Waals surface area contributed by atoms with Crippen LogP contribution in [0.15, 0.2) is 146 Å². The summed E-state index contributed by atoms with van der Waals surface area (Å²) in [6, 6.07) is 53.2.